The van der Waals surface area contributed by atoms with Gasteiger partial charge in [0.25, 0.3) is 0 Å². The first-order chi connectivity index (χ1) is 4.43. The largest absolute Gasteiger partial charge is 0.477 e. The predicted octanol–water partition coefficient (Wildman–Crippen LogP) is 0.675. The van der Waals surface area contributed by atoms with E-state index in [2.05, 4.69) is 16.3 Å². The molecule has 3 heteroatoms. The van der Waals surface area contributed by atoms with Crippen molar-refractivity contribution >= 4 is 0 Å². The van der Waals surface area contributed by atoms with Crippen LogP contribution in [0, 0.1) is 6.07 Å². The standard InChI is InChI=1S/C6H7N2O/c1-2-9-6-4-3-5-7-8-6/h4-5H,2H2,1H3. The predicted molar refractivity (Wildman–Crippen MR) is 32.0 cm³/mol. The Morgan fingerprint density at radius 2 is 2.67 bits per heavy atom. The Hall–Kier alpha value is -1.12. The van der Waals surface area contributed by atoms with Crippen LogP contribution < -0.4 is 4.74 Å². The molecule has 0 bridgehead atoms. The Bertz CT molecular complexity index is 164. The highest BCUT2D eigenvalue weighted by atomic mass is 16.5. The van der Waals surface area contributed by atoms with Gasteiger partial charge in [-0.25, -0.2) is 0 Å². The normalized spacial score (nSPS) is 9.00. The van der Waals surface area contributed by atoms with E-state index in [1.807, 2.05) is 6.92 Å². The molecule has 0 atom stereocenters. The van der Waals surface area contributed by atoms with Crippen LogP contribution in [-0.4, -0.2) is 16.8 Å². The molecule has 0 aliphatic rings. The van der Waals surface area contributed by atoms with Crippen LogP contribution in [0.4, 0.5) is 0 Å². The van der Waals surface area contributed by atoms with E-state index in [1.165, 1.54) is 6.20 Å². The molecule has 1 heterocycles. The van der Waals surface area contributed by atoms with E-state index in [-0.39, 0.29) is 0 Å². The van der Waals surface area contributed by atoms with Crippen LogP contribution in [0.2, 0.25) is 0 Å². The lowest BCUT2D eigenvalue weighted by atomic mass is 10.6. The summed E-state index contributed by atoms with van der Waals surface area (Å²) in [6.45, 7) is 2.52. The smallest absolute Gasteiger partial charge is 0.233 e. The van der Waals surface area contributed by atoms with Crippen LogP contribution in [-0.2, 0) is 0 Å². The van der Waals surface area contributed by atoms with Gasteiger partial charge in [0.15, 0.2) is 0 Å². The second-order valence-electron chi connectivity index (χ2n) is 1.43. The van der Waals surface area contributed by atoms with Gasteiger partial charge in [0.05, 0.1) is 12.8 Å². The summed E-state index contributed by atoms with van der Waals surface area (Å²) in [5, 5.41) is 7.24. The van der Waals surface area contributed by atoms with Crippen molar-refractivity contribution in [2.45, 2.75) is 6.92 Å². The summed E-state index contributed by atoms with van der Waals surface area (Å²) in [6, 6.07) is 4.40. The van der Waals surface area contributed by atoms with Crippen LogP contribution in [0.25, 0.3) is 0 Å². The van der Waals surface area contributed by atoms with E-state index in [0.717, 1.165) is 0 Å². The molecule has 0 fully saturated rings. The molecule has 1 aromatic heterocycles. The summed E-state index contributed by atoms with van der Waals surface area (Å²) >= 11 is 0. The van der Waals surface area contributed by atoms with Gasteiger partial charge in [-0.3, -0.25) is 0 Å². The summed E-state index contributed by atoms with van der Waals surface area (Å²) in [5.41, 5.74) is 0. The molecule has 0 aliphatic carbocycles. The maximum Gasteiger partial charge on any atom is 0.233 e. The Balaban J connectivity index is 2.61. The van der Waals surface area contributed by atoms with Gasteiger partial charge in [0.2, 0.25) is 5.88 Å². The number of nitrogens with zero attached hydrogens (tertiary/aromatic N) is 2. The molecule has 1 aromatic rings. The topological polar surface area (TPSA) is 35.0 Å². The van der Waals surface area contributed by atoms with E-state index < -0.39 is 0 Å². The molecule has 0 unspecified atom stereocenters. The van der Waals surface area contributed by atoms with Gasteiger partial charge >= 0.3 is 0 Å². The van der Waals surface area contributed by atoms with Crippen LogP contribution in [0.3, 0.4) is 0 Å². The minimum Gasteiger partial charge on any atom is -0.477 e. The zero-order chi connectivity index (χ0) is 6.53. The first-order valence-corrected chi connectivity index (χ1v) is 2.75. The number of hydrogen-bond donors (Lipinski definition) is 0. The summed E-state index contributed by atoms with van der Waals surface area (Å²) in [5.74, 6) is 0.528. The minimum absolute atomic E-state index is 0.528. The van der Waals surface area contributed by atoms with Crippen LogP contribution in [0.5, 0.6) is 5.88 Å². The molecule has 0 saturated heterocycles. The van der Waals surface area contributed by atoms with Gasteiger partial charge in [0.1, 0.15) is 0 Å². The van der Waals surface area contributed by atoms with Gasteiger partial charge in [-0.2, -0.15) is 5.10 Å². The zero-order valence-electron chi connectivity index (χ0n) is 5.16. The van der Waals surface area contributed by atoms with Crippen LogP contribution in [0.15, 0.2) is 12.3 Å². The summed E-state index contributed by atoms with van der Waals surface area (Å²) in [4.78, 5) is 0. The highest BCUT2D eigenvalue weighted by molar-refractivity contribution is 5.03. The fraction of sp³-hybridized carbons (Fsp3) is 0.333. The van der Waals surface area contributed by atoms with Crippen molar-refractivity contribution in [1.29, 1.82) is 0 Å². The lowest BCUT2D eigenvalue weighted by molar-refractivity contribution is 0.322. The first-order valence-electron chi connectivity index (χ1n) is 2.75. The zero-order valence-corrected chi connectivity index (χ0v) is 5.16. The van der Waals surface area contributed by atoms with Crippen molar-refractivity contribution in [3.63, 3.8) is 0 Å². The Morgan fingerprint density at radius 3 is 3.22 bits per heavy atom. The average molecular weight is 123 g/mol. The molecule has 0 saturated carbocycles. The van der Waals surface area contributed by atoms with Gasteiger partial charge < -0.3 is 4.74 Å². The number of hydrogen-bond acceptors (Lipinski definition) is 3. The molecule has 0 aromatic carbocycles. The van der Waals surface area contributed by atoms with Crippen molar-refractivity contribution in [3.05, 3.63) is 18.3 Å². The van der Waals surface area contributed by atoms with E-state index >= 15 is 0 Å². The van der Waals surface area contributed by atoms with Crippen molar-refractivity contribution in [2.75, 3.05) is 6.61 Å². The molecule has 0 aliphatic heterocycles. The molecule has 1 radical (unpaired) electrons. The molecular weight excluding hydrogens is 116 g/mol. The van der Waals surface area contributed by atoms with Gasteiger partial charge in [-0.05, 0) is 6.92 Å². The number of rotatable bonds is 2. The van der Waals surface area contributed by atoms with Crippen LogP contribution >= 0.6 is 0 Å². The molecule has 0 amide bonds. The number of ether oxygens (including phenoxy) is 1. The third-order valence-electron chi connectivity index (χ3n) is 0.788. The summed E-state index contributed by atoms with van der Waals surface area (Å²) < 4.78 is 5.00. The van der Waals surface area contributed by atoms with E-state index in [9.17, 15) is 0 Å². The highest BCUT2D eigenvalue weighted by Gasteiger charge is 1.87. The molecule has 1 rings (SSSR count). The lowest BCUT2D eigenvalue weighted by Crippen LogP contribution is -1.94. The highest BCUT2D eigenvalue weighted by Crippen LogP contribution is 1.98. The first kappa shape index (κ1) is 6.01. The third kappa shape index (κ3) is 1.68. The molecular formula is C6H7N2O. The van der Waals surface area contributed by atoms with Crippen LogP contribution in [0.1, 0.15) is 6.92 Å². The molecule has 0 N–H and O–H groups in total. The number of aromatic nitrogens is 2. The van der Waals surface area contributed by atoms with Gasteiger partial charge in [-0.15, -0.1) is 5.10 Å². The van der Waals surface area contributed by atoms with E-state index in [0.29, 0.717) is 12.5 Å². The van der Waals surface area contributed by atoms with Crippen molar-refractivity contribution < 1.29 is 4.74 Å². The van der Waals surface area contributed by atoms with Crippen molar-refractivity contribution in [1.82, 2.24) is 10.2 Å². The average Bonchev–Trinajstić information content (AvgIpc) is 1.91. The Kier molecular flexibility index (Phi) is 2.01. The van der Waals surface area contributed by atoms with Crippen molar-refractivity contribution in [3.8, 4) is 5.88 Å². The molecule has 3 nitrogen and oxygen atoms in total. The second-order valence-corrected chi connectivity index (χ2v) is 1.43. The lowest BCUT2D eigenvalue weighted by Gasteiger charge is -1.96. The Labute approximate surface area is 53.7 Å². The Morgan fingerprint density at radius 1 is 1.78 bits per heavy atom. The summed E-state index contributed by atoms with van der Waals surface area (Å²) in [7, 11) is 0. The third-order valence-corrected chi connectivity index (χ3v) is 0.788. The minimum atomic E-state index is 0.528. The monoisotopic (exact) mass is 123 g/mol. The maximum atomic E-state index is 5.00. The van der Waals surface area contributed by atoms with E-state index in [4.69, 9.17) is 4.74 Å². The SMILES string of the molecule is CCOc1c[c]cnn1. The fourth-order valence-corrected chi connectivity index (χ4v) is 0.475. The maximum absolute atomic E-state index is 5.00. The van der Waals surface area contributed by atoms with E-state index in [1.54, 1.807) is 6.07 Å². The van der Waals surface area contributed by atoms with Gasteiger partial charge in [-0.1, -0.05) is 0 Å². The molecule has 0 spiro atoms. The fourth-order valence-electron chi connectivity index (χ4n) is 0.475. The van der Waals surface area contributed by atoms with Crippen molar-refractivity contribution in [2.24, 2.45) is 0 Å². The second kappa shape index (κ2) is 3.02. The summed E-state index contributed by atoms with van der Waals surface area (Å²) in [6.07, 6.45) is 1.49. The molecule has 47 valence electrons. The quantitative estimate of drug-likeness (QED) is 0.580. The van der Waals surface area contributed by atoms with Gasteiger partial charge in [0, 0.05) is 12.1 Å². The molecule has 9 heavy (non-hydrogen) atoms.